The summed E-state index contributed by atoms with van der Waals surface area (Å²) < 4.78 is 18.5. The third-order valence-electron chi connectivity index (χ3n) is 6.99. The number of imidazole rings is 1. The molecule has 1 saturated heterocycles. The van der Waals surface area contributed by atoms with E-state index in [2.05, 4.69) is 50.7 Å². The zero-order valence-electron chi connectivity index (χ0n) is 20.7. The molecule has 1 aliphatic heterocycles. The Kier molecular flexibility index (Phi) is 7.11. The molecule has 1 fully saturated rings. The number of pyridine rings is 1. The standard InChI is InChI=1S/C27H33FN6S/c1-4-33(21-10-13-35-14-11-21)12-9-20-16-34(26-17-32(3)18-30-26)27-22(20)6-8-24(31-27)19-5-7-25(29-2)23(28)15-19/h5-8,15-18,21,29H,4,9-14H2,1-3H3. The number of halogens is 1. The number of rotatable bonds is 8. The summed E-state index contributed by atoms with van der Waals surface area (Å²) in [5.74, 6) is 3.08. The van der Waals surface area contributed by atoms with Crippen LogP contribution in [-0.4, -0.2) is 61.7 Å². The average molecular weight is 493 g/mol. The van der Waals surface area contributed by atoms with Gasteiger partial charge in [0.05, 0.1) is 17.7 Å². The first-order valence-electron chi connectivity index (χ1n) is 12.4. The minimum atomic E-state index is -0.284. The molecule has 8 heteroatoms. The number of fused-ring (bicyclic) bond motifs is 1. The Labute approximate surface area is 210 Å². The normalized spacial score (nSPS) is 14.8. The van der Waals surface area contributed by atoms with Gasteiger partial charge in [0.15, 0.2) is 5.82 Å². The van der Waals surface area contributed by atoms with E-state index in [9.17, 15) is 4.39 Å². The molecule has 4 aromatic rings. The molecule has 5 rings (SSSR count). The van der Waals surface area contributed by atoms with Gasteiger partial charge in [0.2, 0.25) is 0 Å². The first-order valence-corrected chi connectivity index (χ1v) is 13.5. The molecule has 0 atom stereocenters. The van der Waals surface area contributed by atoms with E-state index in [0.717, 1.165) is 47.6 Å². The minimum absolute atomic E-state index is 0.284. The molecule has 1 aromatic carbocycles. The zero-order chi connectivity index (χ0) is 24.4. The molecule has 0 unspecified atom stereocenters. The second-order valence-corrected chi connectivity index (χ2v) is 10.4. The van der Waals surface area contributed by atoms with Gasteiger partial charge in [-0.3, -0.25) is 4.57 Å². The Morgan fingerprint density at radius 3 is 2.69 bits per heavy atom. The number of hydrogen-bond donors (Lipinski definition) is 1. The third-order valence-corrected chi connectivity index (χ3v) is 8.04. The molecule has 6 nitrogen and oxygen atoms in total. The van der Waals surface area contributed by atoms with Crippen LogP contribution in [0, 0.1) is 5.82 Å². The Hall–Kier alpha value is -2.84. The van der Waals surface area contributed by atoms with Crippen molar-refractivity contribution in [2.45, 2.75) is 32.2 Å². The van der Waals surface area contributed by atoms with Crippen LogP contribution in [0.4, 0.5) is 10.1 Å². The van der Waals surface area contributed by atoms with Crippen LogP contribution in [-0.2, 0) is 13.5 Å². The monoisotopic (exact) mass is 492 g/mol. The van der Waals surface area contributed by atoms with E-state index in [1.165, 1.54) is 36.0 Å². The maximum Gasteiger partial charge on any atom is 0.156 e. The Balaban J connectivity index is 1.50. The predicted octanol–water partition coefficient (Wildman–Crippen LogP) is 5.37. The summed E-state index contributed by atoms with van der Waals surface area (Å²) in [6.07, 6.45) is 9.50. The molecule has 0 radical (unpaired) electrons. The highest BCUT2D eigenvalue weighted by Crippen LogP contribution is 2.29. The van der Waals surface area contributed by atoms with Gasteiger partial charge in [0, 0.05) is 50.0 Å². The number of aryl methyl sites for hydroxylation is 1. The molecular weight excluding hydrogens is 459 g/mol. The molecule has 1 aliphatic rings. The summed E-state index contributed by atoms with van der Waals surface area (Å²) in [6.45, 7) is 4.38. The number of hydrogen-bond acceptors (Lipinski definition) is 5. The highest BCUT2D eigenvalue weighted by molar-refractivity contribution is 7.99. The van der Waals surface area contributed by atoms with Crippen LogP contribution in [0.3, 0.4) is 0 Å². The fraction of sp³-hybridized carbons (Fsp3) is 0.407. The number of anilines is 1. The number of aromatic nitrogens is 4. The largest absolute Gasteiger partial charge is 0.386 e. The second kappa shape index (κ2) is 10.4. The van der Waals surface area contributed by atoms with Gasteiger partial charge in [-0.15, -0.1) is 0 Å². The molecule has 4 heterocycles. The Morgan fingerprint density at radius 2 is 2.00 bits per heavy atom. The molecule has 35 heavy (non-hydrogen) atoms. The van der Waals surface area contributed by atoms with Crippen molar-refractivity contribution in [3.63, 3.8) is 0 Å². The summed E-state index contributed by atoms with van der Waals surface area (Å²) >= 11 is 2.07. The molecule has 0 amide bonds. The van der Waals surface area contributed by atoms with Crippen molar-refractivity contribution >= 4 is 28.5 Å². The lowest BCUT2D eigenvalue weighted by molar-refractivity contribution is 0.197. The van der Waals surface area contributed by atoms with Crippen molar-refractivity contribution in [1.82, 2.24) is 24.0 Å². The molecule has 0 aliphatic carbocycles. The fourth-order valence-electron chi connectivity index (χ4n) is 5.02. The molecule has 0 spiro atoms. The predicted molar refractivity (Wildman–Crippen MR) is 144 cm³/mol. The summed E-state index contributed by atoms with van der Waals surface area (Å²) in [4.78, 5) is 12.2. The topological polar surface area (TPSA) is 50.9 Å². The van der Waals surface area contributed by atoms with Gasteiger partial charge >= 0.3 is 0 Å². The van der Waals surface area contributed by atoms with Crippen LogP contribution in [0.2, 0.25) is 0 Å². The Morgan fingerprint density at radius 1 is 1.17 bits per heavy atom. The molecule has 0 bridgehead atoms. The van der Waals surface area contributed by atoms with E-state index in [4.69, 9.17) is 4.98 Å². The Bertz CT molecular complexity index is 1310. The molecule has 1 N–H and O–H groups in total. The number of benzene rings is 1. The van der Waals surface area contributed by atoms with Gasteiger partial charge in [0.1, 0.15) is 11.5 Å². The van der Waals surface area contributed by atoms with E-state index in [0.29, 0.717) is 11.7 Å². The van der Waals surface area contributed by atoms with Gasteiger partial charge < -0.3 is 14.8 Å². The first kappa shape index (κ1) is 23.9. The highest BCUT2D eigenvalue weighted by atomic mass is 32.2. The molecule has 0 saturated carbocycles. The second-order valence-electron chi connectivity index (χ2n) is 9.16. The number of likely N-dealkylation sites (N-methyl/N-ethyl adjacent to an activating group) is 1. The van der Waals surface area contributed by atoms with Crippen molar-refractivity contribution in [3.8, 4) is 17.1 Å². The maximum atomic E-state index is 14.4. The summed E-state index contributed by atoms with van der Waals surface area (Å²) in [5.41, 5.74) is 4.10. The van der Waals surface area contributed by atoms with Gasteiger partial charge in [0.25, 0.3) is 0 Å². The fourth-order valence-corrected chi connectivity index (χ4v) is 6.10. The zero-order valence-corrected chi connectivity index (χ0v) is 21.5. The average Bonchev–Trinajstić information content (AvgIpc) is 3.48. The van der Waals surface area contributed by atoms with Gasteiger partial charge in [-0.1, -0.05) is 13.0 Å². The maximum absolute atomic E-state index is 14.4. The van der Waals surface area contributed by atoms with Gasteiger partial charge in [-0.2, -0.15) is 11.8 Å². The van der Waals surface area contributed by atoms with Crippen LogP contribution in [0.25, 0.3) is 28.1 Å². The lowest BCUT2D eigenvalue weighted by Crippen LogP contribution is -2.39. The van der Waals surface area contributed by atoms with E-state index >= 15 is 0 Å². The van der Waals surface area contributed by atoms with Crippen LogP contribution < -0.4 is 5.32 Å². The van der Waals surface area contributed by atoms with Crippen molar-refractivity contribution in [2.75, 3.05) is 37.0 Å². The lowest BCUT2D eigenvalue weighted by Gasteiger charge is -2.33. The lowest BCUT2D eigenvalue weighted by atomic mass is 10.1. The number of nitrogens with one attached hydrogen (secondary N) is 1. The van der Waals surface area contributed by atoms with E-state index in [1.807, 2.05) is 29.9 Å². The van der Waals surface area contributed by atoms with Crippen molar-refractivity contribution in [2.24, 2.45) is 7.05 Å². The highest BCUT2D eigenvalue weighted by Gasteiger charge is 2.21. The summed E-state index contributed by atoms with van der Waals surface area (Å²) in [7, 11) is 3.69. The van der Waals surface area contributed by atoms with Gasteiger partial charge in [-0.25, -0.2) is 14.4 Å². The van der Waals surface area contributed by atoms with E-state index < -0.39 is 0 Å². The SMILES string of the molecule is CCN(CCc1cn(-c2cn(C)cn2)c2nc(-c3ccc(NC)c(F)c3)ccc12)C1CCSCC1. The quantitative estimate of drug-likeness (QED) is 0.359. The van der Waals surface area contributed by atoms with Crippen molar-refractivity contribution in [3.05, 3.63) is 60.4 Å². The summed E-state index contributed by atoms with van der Waals surface area (Å²) in [6, 6.07) is 10.0. The van der Waals surface area contributed by atoms with E-state index in [1.54, 1.807) is 19.4 Å². The first-order chi connectivity index (χ1) is 17.1. The minimum Gasteiger partial charge on any atom is -0.386 e. The molecular formula is C27H33FN6S. The third kappa shape index (κ3) is 4.95. The van der Waals surface area contributed by atoms with E-state index in [-0.39, 0.29) is 5.82 Å². The van der Waals surface area contributed by atoms with Crippen molar-refractivity contribution < 1.29 is 4.39 Å². The van der Waals surface area contributed by atoms with Crippen LogP contribution in [0.15, 0.2) is 49.1 Å². The molecule has 3 aromatic heterocycles. The summed E-state index contributed by atoms with van der Waals surface area (Å²) in [5, 5.41) is 4.00. The van der Waals surface area contributed by atoms with Crippen LogP contribution in [0.1, 0.15) is 25.3 Å². The van der Waals surface area contributed by atoms with Crippen LogP contribution >= 0.6 is 11.8 Å². The number of nitrogens with zero attached hydrogens (tertiary/aromatic N) is 5. The van der Waals surface area contributed by atoms with Crippen molar-refractivity contribution in [1.29, 1.82) is 0 Å². The smallest absolute Gasteiger partial charge is 0.156 e. The van der Waals surface area contributed by atoms with Gasteiger partial charge in [-0.05, 0) is 67.1 Å². The van der Waals surface area contributed by atoms with Crippen LogP contribution in [0.5, 0.6) is 0 Å². The number of thioether (sulfide) groups is 1. The molecule has 184 valence electrons.